The SMILES string of the molecule is Cc1nn(C(C)(C)C(N)=O)cc1Nc1ncc(C(F)(F)F)c(NCCCN2C=COC=CC2=O)n1. The molecule has 0 unspecified atom stereocenters. The van der Waals surface area contributed by atoms with E-state index in [4.69, 9.17) is 10.5 Å². The smallest absolute Gasteiger partial charge is 0.421 e. The van der Waals surface area contributed by atoms with Crippen molar-refractivity contribution in [2.24, 2.45) is 5.73 Å². The molecule has 35 heavy (non-hydrogen) atoms. The zero-order valence-corrected chi connectivity index (χ0v) is 19.3. The predicted molar refractivity (Wildman–Crippen MR) is 120 cm³/mol. The Bertz CT molecular complexity index is 1160. The Hall–Kier alpha value is -4.10. The van der Waals surface area contributed by atoms with Gasteiger partial charge in [0.1, 0.15) is 23.2 Å². The van der Waals surface area contributed by atoms with E-state index in [1.165, 1.54) is 40.6 Å². The number of ether oxygens (including phenoxy) is 1. The second kappa shape index (κ2) is 10.0. The Balaban J connectivity index is 1.74. The van der Waals surface area contributed by atoms with E-state index in [0.29, 0.717) is 24.0 Å². The summed E-state index contributed by atoms with van der Waals surface area (Å²) in [5.74, 6) is -1.44. The van der Waals surface area contributed by atoms with Crippen molar-refractivity contribution in [3.8, 4) is 0 Å². The number of alkyl halides is 3. The van der Waals surface area contributed by atoms with Gasteiger partial charge in [-0.2, -0.15) is 23.3 Å². The molecule has 2 amide bonds. The first-order chi connectivity index (χ1) is 16.4. The van der Waals surface area contributed by atoms with E-state index in [1.807, 2.05) is 0 Å². The average Bonchev–Trinajstić information content (AvgIpc) is 3.01. The van der Waals surface area contributed by atoms with E-state index in [1.54, 1.807) is 20.8 Å². The van der Waals surface area contributed by atoms with Crippen LogP contribution in [0.1, 0.15) is 31.5 Å². The highest BCUT2D eigenvalue weighted by Gasteiger charge is 2.35. The highest BCUT2D eigenvalue weighted by molar-refractivity contribution is 5.88. The number of nitrogens with one attached hydrogen (secondary N) is 2. The fourth-order valence-corrected chi connectivity index (χ4v) is 2.95. The first kappa shape index (κ1) is 25.5. The molecule has 1 aliphatic rings. The summed E-state index contributed by atoms with van der Waals surface area (Å²) in [6, 6.07) is 0. The molecule has 0 aliphatic carbocycles. The van der Waals surface area contributed by atoms with Crippen molar-refractivity contribution in [1.82, 2.24) is 24.6 Å². The number of rotatable bonds is 9. The van der Waals surface area contributed by atoms with Crippen molar-refractivity contribution in [3.63, 3.8) is 0 Å². The number of nitrogens with two attached hydrogens (primary N) is 1. The minimum atomic E-state index is -4.68. The van der Waals surface area contributed by atoms with Crippen LogP contribution in [0.5, 0.6) is 0 Å². The number of hydrogen-bond acceptors (Lipinski definition) is 8. The van der Waals surface area contributed by atoms with Gasteiger partial charge in [0, 0.05) is 31.6 Å². The minimum absolute atomic E-state index is 0.103. The van der Waals surface area contributed by atoms with Crippen molar-refractivity contribution in [2.45, 2.75) is 38.9 Å². The van der Waals surface area contributed by atoms with Crippen LogP contribution in [0.15, 0.2) is 37.2 Å². The summed E-state index contributed by atoms with van der Waals surface area (Å²) in [7, 11) is 0. The molecule has 0 fully saturated rings. The lowest BCUT2D eigenvalue weighted by atomic mass is 10.1. The van der Waals surface area contributed by atoms with Gasteiger partial charge in [0.25, 0.3) is 5.91 Å². The Kier molecular flexibility index (Phi) is 7.31. The minimum Gasteiger partial charge on any atom is -0.471 e. The van der Waals surface area contributed by atoms with Crippen LogP contribution in [-0.2, 0) is 26.0 Å². The zero-order valence-electron chi connectivity index (χ0n) is 19.3. The summed E-state index contributed by atoms with van der Waals surface area (Å²) < 4.78 is 46.8. The van der Waals surface area contributed by atoms with Gasteiger partial charge in [-0.1, -0.05) is 0 Å². The topological polar surface area (TPSA) is 140 Å². The summed E-state index contributed by atoms with van der Waals surface area (Å²) >= 11 is 0. The van der Waals surface area contributed by atoms with Crippen molar-refractivity contribution in [2.75, 3.05) is 23.7 Å². The van der Waals surface area contributed by atoms with E-state index >= 15 is 0 Å². The summed E-state index contributed by atoms with van der Waals surface area (Å²) in [5.41, 5.74) is 4.12. The molecule has 0 aromatic carbocycles. The number of carbonyl (C=O) groups excluding carboxylic acids is 2. The number of halogens is 3. The molecule has 4 N–H and O–H groups in total. The van der Waals surface area contributed by atoms with Gasteiger partial charge in [-0.25, -0.2) is 4.98 Å². The van der Waals surface area contributed by atoms with Crippen LogP contribution in [0.25, 0.3) is 0 Å². The van der Waals surface area contributed by atoms with Gasteiger partial charge in [-0.05, 0) is 27.2 Å². The fourth-order valence-electron chi connectivity index (χ4n) is 2.95. The number of amides is 2. The van der Waals surface area contributed by atoms with Gasteiger partial charge in [-0.3, -0.25) is 14.3 Å². The molecule has 2 aromatic heterocycles. The second-order valence-corrected chi connectivity index (χ2v) is 8.11. The van der Waals surface area contributed by atoms with Crippen LogP contribution in [-0.4, -0.2) is 49.6 Å². The number of primary amides is 1. The monoisotopic (exact) mass is 494 g/mol. The lowest BCUT2D eigenvalue weighted by molar-refractivity contribution is -0.137. The van der Waals surface area contributed by atoms with Crippen molar-refractivity contribution in [3.05, 3.63) is 48.5 Å². The summed E-state index contributed by atoms with van der Waals surface area (Å²) in [6.45, 7) is 5.17. The Morgan fingerprint density at radius 3 is 2.69 bits per heavy atom. The number of anilines is 3. The van der Waals surface area contributed by atoms with Crippen LogP contribution < -0.4 is 16.4 Å². The molecule has 188 valence electrons. The van der Waals surface area contributed by atoms with Gasteiger partial charge < -0.3 is 26.0 Å². The van der Waals surface area contributed by atoms with E-state index in [-0.39, 0.29) is 24.9 Å². The molecule has 0 atom stereocenters. The normalized spacial score (nSPS) is 14.0. The van der Waals surface area contributed by atoms with Gasteiger partial charge in [0.05, 0.1) is 23.8 Å². The third-order valence-electron chi connectivity index (χ3n) is 5.18. The summed E-state index contributed by atoms with van der Waals surface area (Å²) in [5, 5.41) is 9.75. The number of nitrogens with zero attached hydrogens (tertiary/aromatic N) is 5. The van der Waals surface area contributed by atoms with Crippen molar-refractivity contribution >= 4 is 29.3 Å². The summed E-state index contributed by atoms with van der Waals surface area (Å²) in [6.07, 6.45) is 3.08. The van der Waals surface area contributed by atoms with Crippen LogP contribution in [0, 0.1) is 6.92 Å². The van der Waals surface area contributed by atoms with E-state index < -0.39 is 29.0 Å². The van der Waals surface area contributed by atoms with Crippen LogP contribution in [0.4, 0.5) is 30.6 Å². The van der Waals surface area contributed by atoms with Crippen LogP contribution >= 0.6 is 0 Å². The van der Waals surface area contributed by atoms with Crippen LogP contribution in [0.2, 0.25) is 0 Å². The average molecular weight is 494 g/mol. The number of aryl methyl sites for hydroxylation is 1. The molecule has 3 heterocycles. The number of aromatic nitrogens is 4. The quantitative estimate of drug-likeness (QED) is 0.452. The van der Waals surface area contributed by atoms with Crippen LogP contribution in [0.3, 0.4) is 0 Å². The molecule has 0 spiro atoms. The second-order valence-electron chi connectivity index (χ2n) is 8.11. The standard InChI is InChI=1S/C21H25F3N8O3/c1-13-15(12-32(30-13)20(2,3)18(25)34)28-19-27-11-14(21(22,23)24)17(29-19)26-6-4-7-31-8-10-35-9-5-16(31)33/h5,8-12H,4,6-7H2,1-3H3,(H2,25,34)(H2,26,27,28,29). The molecular weight excluding hydrogens is 469 g/mol. The van der Waals surface area contributed by atoms with E-state index in [0.717, 1.165) is 0 Å². The molecule has 2 aromatic rings. The Morgan fingerprint density at radius 2 is 2.00 bits per heavy atom. The van der Waals surface area contributed by atoms with Gasteiger partial charge in [0.15, 0.2) is 0 Å². The highest BCUT2D eigenvalue weighted by Crippen LogP contribution is 2.34. The molecule has 0 radical (unpaired) electrons. The first-order valence-electron chi connectivity index (χ1n) is 10.5. The molecule has 0 saturated carbocycles. The molecule has 0 saturated heterocycles. The molecular formula is C21H25F3N8O3. The van der Waals surface area contributed by atoms with Crippen molar-refractivity contribution in [1.29, 1.82) is 0 Å². The lowest BCUT2D eigenvalue weighted by Crippen LogP contribution is -2.41. The zero-order chi connectivity index (χ0) is 25.8. The Morgan fingerprint density at radius 1 is 1.26 bits per heavy atom. The Labute approximate surface area is 198 Å². The molecule has 1 aliphatic heterocycles. The fraction of sp³-hybridized carbons (Fsp3) is 0.381. The maximum atomic E-state index is 13.5. The maximum Gasteiger partial charge on any atom is 0.421 e. The maximum absolute atomic E-state index is 13.5. The number of hydrogen-bond donors (Lipinski definition) is 3. The first-order valence-corrected chi connectivity index (χ1v) is 10.5. The molecule has 3 rings (SSSR count). The molecule has 11 nitrogen and oxygen atoms in total. The van der Waals surface area contributed by atoms with Crippen molar-refractivity contribution < 1.29 is 27.5 Å². The highest BCUT2D eigenvalue weighted by atomic mass is 19.4. The van der Waals surface area contributed by atoms with Gasteiger partial charge >= 0.3 is 6.18 Å². The number of carbonyl (C=O) groups is 2. The third kappa shape index (κ3) is 6.07. The van der Waals surface area contributed by atoms with Gasteiger partial charge in [0.2, 0.25) is 11.9 Å². The third-order valence-corrected chi connectivity index (χ3v) is 5.18. The van der Waals surface area contributed by atoms with E-state index in [2.05, 4.69) is 25.7 Å². The largest absolute Gasteiger partial charge is 0.471 e. The molecule has 14 heteroatoms. The summed E-state index contributed by atoms with van der Waals surface area (Å²) in [4.78, 5) is 32.7. The predicted octanol–water partition coefficient (Wildman–Crippen LogP) is 2.61. The lowest BCUT2D eigenvalue weighted by Gasteiger charge is -2.20. The van der Waals surface area contributed by atoms with E-state index in [9.17, 15) is 22.8 Å². The molecule has 0 bridgehead atoms. The van der Waals surface area contributed by atoms with Gasteiger partial charge in [-0.15, -0.1) is 0 Å².